The number of hydrazone groups is 1. The monoisotopic (exact) mass is 461 g/mol. The van der Waals surface area contributed by atoms with Gasteiger partial charge < -0.3 is 10.1 Å². The zero-order chi connectivity index (χ0) is 22.8. The van der Waals surface area contributed by atoms with Gasteiger partial charge in [0.2, 0.25) is 0 Å². The summed E-state index contributed by atoms with van der Waals surface area (Å²) < 4.78 is 5.56. The normalized spacial score (nSPS) is 11.9. The average molecular weight is 462 g/mol. The van der Waals surface area contributed by atoms with Crippen LogP contribution in [0.15, 0.2) is 60.2 Å². The van der Waals surface area contributed by atoms with Crippen LogP contribution >= 0.6 is 23.2 Å². The molecule has 2 aromatic carbocycles. The van der Waals surface area contributed by atoms with Gasteiger partial charge in [-0.05, 0) is 42.7 Å². The van der Waals surface area contributed by atoms with Gasteiger partial charge in [-0.2, -0.15) is 5.10 Å². The Morgan fingerprint density at radius 2 is 1.94 bits per heavy atom. The number of ether oxygens (including phenoxy) is 1. The van der Waals surface area contributed by atoms with E-state index in [0.29, 0.717) is 29.4 Å². The molecule has 0 fully saturated rings. The number of carbonyl (C=O) groups excluding carboxylic acids is 2. The summed E-state index contributed by atoms with van der Waals surface area (Å²) in [5.74, 6) is -0.124. The third kappa shape index (κ3) is 7.74. The number of nitrogens with zero attached hydrogens (tertiary/aromatic N) is 1. The van der Waals surface area contributed by atoms with Crippen molar-refractivity contribution in [3.63, 3.8) is 0 Å². The van der Waals surface area contributed by atoms with Crippen molar-refractivity contribution in [1.29, 1.82) is 0 Å². The van der Waals surface area contributed by atoms with Gasteiger partial charge in [0.05, 0.1) is 16.8 Å². The molecule has 0 aliphatic heterocycles. The Kier molecular flexibility index (Phi) is 9.56. The predicted octanol–water partition coefficient (Wildman–Crippen LogP) is 4.85. The maximum absolute atomic E-state index is 12.7. The number of halogens is 2. The molecular formula is C23H25Cl2N3O3. The van der Waals surface area contributed by atoms with E-state index in [1.165, 1.54) is 18.3 Å². The molecule has 0 aliphatic carbocycles. The van der Waals surface area contributed by atoms with Gasteiger partial charge in [0.15, 0.2) is 0 Å². The Bertz CT molecular complexity index is 961. The van der Waals surface area contributed by atoms with Crippen LogP contribution in [0.25, 0.3) is 0 Å². The zero-order valence-corrected chi connectivity index (χ0v) is 18.9. The van der Waals surface area contributed by atoms with Crippen molar-refractivity contribution in [2.75, 3.05) is 6.61 Å². The second kappa shape index (κ2) is 12.1. The number of carbonyl (C=O) groups is 2. The molecule has 0 saturated carbocycles. The summed E-state index contributed by atoms with van der Waals surface area (Å²) in [6, 6.07) is 11.0. The molecule has 2 aromatic rings. The average Bonchev–Trinajstić information content (AvgIpc) is 2.72. The second-order valence-corrected chi connectivity index (χ2v) is 8.00. The summed E-state index contributed by atoms with van der Waals surface area (Å²) in [5, 5.41) is 7.38. The molecule has 0 radical (unpaired) electrons. The van der Waals surface area contributed by atoms with Crippen molar-refractivity contribution in [1.82, 2.24) is 10.7 Å². The summed E-state index contributed by atoms with van der Waals surface area (Å²) in [7, 11) is 0. The van der Waals surface area contributed by atoms with Gasteiger partial charge in [-0.1, -0.05) is 61.8 Å². The van der Waals surface area contributed by atoms with Gasteiger partial charge in [-0.25, -0.2) is 5.43 Å². The lowest BCUT2D eigenvalue weighted by molar-refractivity contribution is -0.123. The van der Waals surface area contributed by atoms with Crippen molar-refractivity contribution in [2.45, 2.75) is 26.3 Å². The number of amides is 2. The fourth-order valence-corrected chi connectivity index (χ4v) is 3.22. The molecule has 2 N–H and O–H groups in total. The molecule has 2 rings (SSSR count). The van der Waals surface area contributed by atoms with E-state index in [2.05, 4.69) is 22.4 Å². The largest absolute Gasteiger partial charge is 0.489 e. The number of nitrogens with one attached hydrogen (secondary N) is 2. The second-order valence-electron chi connectivity index (χ2n) is 7.15. The van der Waals surface area contributed by atoms with E-state index in [1.807, 2.05) is 32.0 Å². The van der Waals surface area contributed by atoms with E-state index < -0.39 is 17.9 Å². The third-order valence-corrected chi connectivity index (χ3v) is 4.71. The molecule has 0 heterocycles. The maximum atomic E-state index is 12.7. The standard InChI is InChI=1S/C23H25Cl2N3O3/c1-4-11-31-21-8-6-5-7-16(21)14-26-28-23(30)20(12-15(2)3)27-22(29)18-10-9-17(24)13-19(18)25/h4-10,13-15,20H,1,11-12H2,2-3H3,(H,27,29)(H,28,30)/b26-14-/t20-/m0/s1. The quantitative estimate of drug-likeness (QED) is 0.301. The molecule has 0 saturated heterocycles. The van der Waals surface area contributed by atoms with Crippen molar-refractivity contribution in [3.8, 4) is 5.75 Å². The highest BCUT2D eigenvalue weighted by Crippen LogP contribution is 2.21. The highest BCUT2D eigenvalue weighted by molar-refractivity contribution is 6.36. The highest BCUT2D eigenvalue weighted by Gasteiger charge is 2.23. The van der Waals surface area contributed by atoms with E-state index in [4.69, 9.17) is 27.9 Å². The van der Waals surface area contributed by atoms with Gasteiger partial charge in [0.1, 0.15) is 18.4 Å². The lowest BCUT2D eigenvalue weighted by Gasteiger charge is -2.19. The molecule has 0 aromatic heterocycles. The van der Waals surface area contributed by atoms with Gasteiger partial charge >= 0.3 is 0 Å². The number of hydrogen-bond acceptors (Lipinski definition) is 4. The number of hydrogen-bond donors (Lipinski definition) is 2. The van der Waals surface area contributed by atoms with Crippen LogP contribution in [-0.2, 0) is 4.79 Å². The van der Waals surface area contributed by atoms with E-state index >= 15 is 0 Å². The fraction of sp³-hybridized carbons (Fsp3) is 0.261. The molecule has 164 valence electrons. The van der Waals surface area contributed by atoms with Crippen molar-refractivity contribution in [2.24, 2.45) is 11.0 Å². The topological polar surface area (TPSA) is 79.8 Å². The minimum Gasteiger partial charge on any atom is -0.489 e. The van der Waals surface area contributed by atoms with Crippen LogP contribution in [0.1, 0.15) is 36.2 Å². The summed E-state index contributed by atoms with van der Waals surface area (Å²) in [6.45, 7) is 7.89. The Labute approximate surface area is 192 Å². The minimum atomic E-state index is -0.788. The lowest BCUT2D eigenvalue weighted by atomic mass is 10.0. The molecule has 0 aliphatic rings. The van der Waals surface area contributed by atoms with Gasteiger partial charge in [-0.3, -0.25) is 9.59 Å². The van der Waals surface area contributed by atoms with Gasteiger partial charge in [0, 0.05) is 10.6 Å². The summed E-state index contributed by atoms with van der Waals surface area (Å²) in [5.41, 5.74) is 3.42. The van der Waals surface area contributed by atoms with Crippen molar-refractivity contribution in [3.05, 3.63) is 76.3 Å². The minimum absolute atomic E-state index is 0.161. The molecule has 0 bridgehead atoms. The molecule has 6 nitrogen and oxygen atoms in total. The molecule has 0 unspecified atom stereocenters. The summed E-state index contributed by atoms with van der Waals surface area (Å²) in [6.07, 6.45) is 3.56. The molecular weight excluding hydrogens is 437 g/mol. The lowest BCUT2D eigenvalue weighted by Crippen LogP contribution is -2.46. The Balaban J connectivity index is 2.08. The SMILES string of the molecule is C=CCOc1ccccc1/C=N\NC(=O)[C@H](CC(C)C)NC(=O)c1ccc(Cl)cc1Cl. The number of benzene rings is 2. The first-order valence-electron chi connectivity index (χ1n) is 9.73. The molecule has 1 atom stereocenters. The van der Waals surface area contributed by atoms with Crippen LogP contribution in [0.4, 0.5) is 0 Å². The molecule has 0 spiro atoms. The Hall–Kier alpha value is -2.83. The van der Waals surface area contributed by atoms with E-state index in [1.54, 1.807) is 18.2 Å². The Morgan fingerprint density at radius 1 is 1.19 bits per heavy atom. The Morgan fingerprint density at radius 3 is 2.61 bits per heavy atom. The number of para-hydroxylation sites is 1. The summed E-state index contributed by atoms with van der Waals surface area (Å²) in [4.78, 5) is 25.3. The highest BCUT2D eigenvalue weighted by atomic mass is 35.5. The van der Waals surface area contributed by atoms with Crippen molar-refractivity contribution < 1.29 is 14.3 Å². The predicted molar refractivity (Wildman–Crippen MR) is 125 cm³/mol. The molecule has 2 amide bonds. The molecule has 8 heteroatoms. The van der Waals surface area contributed by atoms with Crippen LogP contribution < -0.4 is 15.5 Å². The first kappa shape index (κ1) is 24.4. The van der Waals surface area contributed by atoms with Crippen LogP contribution in [0.2, 0.25) is 10.0 Å². The molecule has 31 heavy (non-hydrogen) atoms. The maximum Gasteiger partial charge on any atom is 0.262 e. The summed E-state index contributed by atoms with van der Waals surface area (Å²) >= 11 is 12.0. The third-order valence-electron chi connectivity index (χ3n) is 4.16. The van der Waals surface area contributed by atoms with Gasteiger partial charge in [0.25, 0.3) is 11.8 Å². The van der Waals surface area contributed by atoms with Crippen LogP contribution in [0, 0.1) is 5.92 Å². The first-order valence-corrected chi connectivity index (χ1v) is 10.5. The van der Waals surface area contributed by atoms with Gasteiger partial charge in [-0.15, -0.1) is 0 Å². The smallest absolute Gasteiger partial charge is 0.262 e. The van der Waals surface area contributed by atoms with E-state index in [-0.39, 0.29) is 16.5 Å². The number of rotatable bonds is 10. The van der Waals surface area contributed by atoms with E-state index in [0.717, 1.165) is 0 Å². The van der Waals surface area contributed by atoms with Crippen LogP contribution in [-0.4, -0.2) is 30.7 Å². The first-order chi connectivity index (χ1) is 14.8. The fourth-order valence-electron chi connectivity index (χ4n) is 2.72. The van der Waals surface area contributed by atoms with Crippen LogP contribution in [0.3, 0.4) is 0 Å². The zero-order valence-electron chi connectivity index (χ0n) is 17.4. The van der Waals surface area contributed by atoms with Crippen molar-refractivity contribution >= 4 is 41.2 Å². The van der Waals surface area contributed by atoms with Crippen LogP contribution in [0.5, 0.6) is 5.75 Å². The van der Waals surface area contributed by atoms with E-state index in [9.17, 15) is 9.59 Å².